The van der Waals surface area contributed by atoms with Crippen LogP contribution in [0.1, 0.15) is 50.6 Å². The Bertz CT molecular complexity index is 950. The lowest BCUT2D eigenvalue weighted by Gasteiger charge is -2.29. The first-order valence-electron chi connectivity index (χ1n) is 12.8. The number of H-pyrrole nitrogens is 1. The summed E-state index contributed by atoms with van der Waals surface area (Å²) in [6, 6.07) is -3.88. The molecule has 2 rings (SSSR count). The molecule has 212 valence electrons. The molecule has 0 aromatic carbocycles. The quantitative estimate of drug-likeness (QED) is 0.0625. The van der Waals surface area contributed by atoms with Gasteiger partial charge in [0.2, 0.25) is 17.7 Å². The molecule has 15 nitrogen and oxygen atoms in total. The number of hydrogen-bond acceptors (Lipinski definition) is 8. The number of aliphatic carboxylic acids is 1. The van der Waals surface area contributed by atoms with Gasteiger partial charge < -0.3 is 48.6 Å². The number of imidazole rings is 1. The molecule has 1 aromatic rings. The van der Waals surface area contributed by atoms with Gasteiger partial charge in [0.1, 0.15) is 18.1 Å². The topological polar surface area (TPSA) is 261 Å². The Morgan fingerprint density at radius 3 is 2.47 bits per heavy atom. The molecule has 12 N–H and O–H groups in total. The number of rotatable bonds is 16. The molecule has 1 aromatic heterocycles. The van der Waals surface area contributed by atoms with Gasteiger partial charge in [0.15, 0.2) is 5.96 Å². The molecule has 1 aliphatic heterocycles. The van der Waals surface area contributed by atoms with Crippen molar-refractivity contribution in [2.45, 2.75) is 75.5 Å². The van der Waals surface area contributed by atoms with Crippen LogP contribution in [0.25, 0.3) is 0 Å². The van der Waals surface area contributed by atoms with Crippen LogP contribution in [-0.2, 0) is 25.6 Å². The lowest BCUT2D eigenvalue weighted by Crippen LogP contribution is -2.57. The molecular weight excluding hydrogens is 496 g/mol. The first-order valence-corrected chi connectivity index (χ1v) is 12.8. The highest BCUT2D eigenvalue weighted by Gasteiger charge is 2.38. The Labute approximate surface area is 221 Å². The summed E-state index contributed by atoms with van der Waals surface area (Å²) in [7, 11) is 0. The fourth-order valence-corrected chi connectivity index (χ4v) is 4.29. The third-order valence-electron chi connectivity index (χ3n) is 6.29. The second-order valence-corrected chi connectivity index (χ2v) is 9.27. The van der Waals surface area contributed by atoms with Crippen molar-refractivity contribution in [3.8, 4) is 0 Å². The van der Waals surface area contributed by atoms with Crippen LogP contribution in [0.5, 0.6) is 0 Å². The molecule has 0 radical (unpaired) electrons. The van der Waals surface area contributed by atoms with E-state index >= 15 is 0 Å². The van der Waals surface area contributed by atoms with Crippen molar-refractivity contribution in [1.82, 2.24) is 25.5 Å². The number of guanidine groups is 1. The van der Waals surface area contributed by atoms with E-state index in [0.717, 1.165) is 0 Å². The summed E-state index contributed by atoms with van der Waals surface area (Å²) >= 11 is 0. The monoisotopic (exact) mass is 536 g/mol. The Balaban J connectivity index is 2.14. The van der Waals surface area contributed by atoms with Crippen molar-refractivity contribution >= 4 is 29.7 Å². The Hall–Kier alpha value is -3.72. The zero-order valence-corrected chi connectivity index (χ0v) is 21.5. The lowest BCUT2D eigenvalue weighted by atomic mass is 10.0. The van der Waals surface area contributed by atoms with Gasteiger partial charge in [0.25, 0.3) is 0 Å². The minimum atomic E-state index is -1.10. The summed E-state index contributed by atoms with van der Waals surface area (Å²) in [6.07, 6.45) is 6.11. The third kappa shape index (κ3) is 9.63. The zero-order valence-electron chi connectivity index (χ0n) is 21.5. The van der Waals surface area contributed by atoms with Gasteiger partial charge in [0, 0.05) is 31.4 Å². The Morgan fingerprint density at radius 2 is 1.84 bits per heavy atom. The minimum absolute atomic E-state index is 0.100. The number of amides is 3. The molecule has 1 aliphatic rings. The van der Waals surface area contributed by atoms with Crippen LogP contribution >= 0.6 is 0 Å². The fraction of sp³-hybridized carbons (Fsp3) is 0.652. The smallest absolute Gasteiger partial charge is 0.326 e. The third-order valence-corrected chi connectivity index (χ3v) is 6.29. The van der Waals surface area contributed by atoms with E-state index in [1.807, 2.05) is 0 Å². The number of carboxylic acid groups (broad SMARTS) is 1. The van der Waals surface area contributed by atoms with Crippen LogP contribution < -0.4 is 33.6 Å². The SMILES string of the molecule is NCCCCC(NC(=O)C(N)Cc1cnc[nH]1)C(=O)NC(CCCN=C(N)N)C(=O)N1CCCC1C(=O)O. The average molecular weight is 537 g/mol. The molecule has 1 fully saturated rings. The second-order valence-electron chi connectivity index (χ2n) is 9.27. The number of nitrogens with two attached hydrogens (primary N) is 4. The molecule has 0 aliphatic carbocycles. The Kier molecular flexibility index (Phi) is 12.5. The number of aliphatic imine (C=N–C) groups is 1. The molecule has 1 saturated heterocycles. The maximum atomic E-state index is 13.3. The van der Waals surface area contributed by atoms with E-state index in [0.29, 0.717) is 44.3 Å². The van der Waals surface area contributed by atoms with E-state index in [2.05, 4.69) is 25.6 Å². The number of likely N-dealkylation sites (tertiary alicyclic amines) is 1. The maximum absolute atomic E-state index is 13.3. The van der Waals surface area contributed by atoms with Crippen molar-refractivity contribution < 1.29 is 24.3 Å². The summed E-state index contributed by atoms with van der Waals surface area (Å²) in [5.41, 5.74) is 23.0. The predicted molar refractivity (Wildman–Crippen MR) is 139 cm³/mol. The van der Waals surface area contributed by atoms with Gasteiger partial charge in [-0.3, -0.25) is 19.4 Å². The first-order chi connectivity index (χ1) is 18.1. The second kappa shape index (κ2) is 15.5. The molecule has 4 atom stereocenters. The molecular formula is C23H40N10O5. The molecule has 3 amide bonds. The van der Waals surface area contributed by atoms with Gasteiger partial charge in [-0.25, -0.2) is 9.78 Å². The minimum Gasteiger partial charge on any atom is -0.480 e. The standard InChI is InChI=1S/C23H40N10O5/c24-8-2-1-5-16(31-19(34)15(25)11-14-12-28-13-30-14)20(35)32-17(6-3-9-29-23(26)27)21(36)33-10-4-7-18(33)22(37)38/h12-13,15-18H,1-11,24-25H2,(H,28,30)(H,31,34)(H,32,35)(H,37,38)(H4,26,27,29). The lowest BCUT2D eigenvalue weighted by molar-refractivity contribution is -0.149. The zero-order chi connectivity index (χ0) is 28.1. The number of hydrogen-bond donors (Lipinski definition) is 8. The van der Waals surface area contributed by atoms with Crippen molar-refractivity contribution in [3.05, 3.63) is 18.2 Å². The largest absolute Gasteiger partial charge is 0.480 e. The fourth-order valence-electron chi connectivity index (χ4n) is 4.29. The highest BCUT2D eigenvalue weighted by molar-refractivity contribution is 5.94. The van der Waals surface area contributed by atoms with Crippen LogP contribution in [0, 0.1) is 0 Å². The highest BCUT2D eigenvalue weighted by atomic mass is 16.4. The van der Waals surface area contributed by atoms with Crippen LogP contribution in [0.4, 0.5) is 0 Å². The normalized spacial score (nSPS) is 17.3. The van der Waals surface area contributed by atoms with E-state index in [1.54, 1.807) is 6.20 Å². The van der Waals surface area contributed by atoms with Crippen LogP contribution in [0.15, 0.2) is 17.5 Å². The van der Waals surface area contributed by atoms with Crippen LogP contribution in [0.2, 0.25) is 0 Å². The number of nitrogens with zero attached hydrogens (tertiary/aromatic N) is 3. The molecule has 0 saturated carbocycles. The van der Waals surface area contributed by atoms with Gasteiger partial charge in [-0.15, -0.1) is 0 Å². The van der Waals surface area contributed by atoms with Crippen molar-refractivity contribution in [1.29, 1.82) is 0 Å². The van der Waals surface area contributed by atoms with E-state index in [4.69, 9.17) is 22.9 Å². The van der Waals surface area contributed by atoms with Gasteiger partial charge in [0.05, 0.1) is 12.4 Å². The van der Waals surface area contributed by atoms with E-state index in [9.17, 15) is 24.3 Å². The predicted octanol–water partition coefficient (Wildman–Crippen LogP) is -2.49. The summed E-state index contributed by atoms with van der Waals surface area (Å²) in [6.45, 7) is 0.914. The Morgan fingerprint density at radius 1 is 1.13 bits per heavy atom. The summed E-state index contributed by atoms with van der Waals surface area (Å²) in [5.74, 6) is -2.81. The van der Waals surface area contributed by atoms with E-state index < -0.39 is 47.9 Å². The van der Waals surface area contributed by atoms with Crippen molar-refractivity contribution in [2.75, 3.05) is 19.6 Å². The molecule has 0 bridgehead atoms. The first kappa shape index (κ1) is 30.5. The molecule has 38 heavy (non-hydrogen) atoms. The van der Waals surface area contributed by atoms with Gasteiger partial charge in [-0.2, -0.15) is 0 Å². The molecule has 2 heterocycles. The number of carbonyl (C=O) groups is 4. The summed E-state index contributed by atoms with van der Waals surface area (Å²) in [4.78, 5) is 63.1. The number of aromatic amines is 1. The van der Waals surface area contributed by atoms with Crippen molar-refractivity contribution in [3.63, 3.8) is 0 Å². The molecule has 4 unspecified atom stereocenters. The van der Waals surface area contributed by atoms with Crippen molar-refractivity contribution in [2.24, 2.45) is 27.9 Å². The van der Waals surface area contributed by atoms with Gasteiger partial charge in [-0.1, -0.05) is 0 Å². The number of aromatic nitrogens is 2. The number of nitrogens with one attached hydrogen (secondary N) is 3. The van der Waals surface area contributed by atoms with Gasteiger partial charge >= 0.3 is 5.97 Å². The molecule has 15 heteroatoms. The summed E-state index contributed by atoms with van der Waals surface area (Å²) in [5, 5.41) is 14.9. The maximum Gasteiger partial charge on any atom is 0.326 e. The van der Waals surface area contributed by atoms with E-state index in [-0.39, 0.29) is 38.3 Å². The summed E-state index contributed by atoms with van der Waals surface area (Å²) < 4.78 is 0. The van der Waals surface area contributed by atoms with Crippen LogP contribution in [-0.4, -0.2) is 93.4 Å². The number of unbranched alkanes of at least 4 members (excludes halogenated alkanes) is 1. The molecule has 0 spiro atoms. The van der Waals surface area contributed by atoms with E-state index in [1.165, 1.54) is 11.2 Å². The number of carboxylic acids is 1. The van der Waals surface area contributed by atoms with Crippen LogP contribution in [0.3, 0.4) is 0 Å². The van der Waals surface area contributed by atoms with Gasteiger partial charge in [-0.05, 0) is 51.5 Å². The average Bonchev–Trinajstić information content (AvgIpc) is 3.57. The highest BCUT2D eigenvalue weighted by Crippen LogP contribution is 2.20. The number of carbonyl (C=O) groups excluding carboxylic acids is 3.